The molecule has 0 fully saturated rings. The highest BCUT2D eigenvalue weighted by atomic mass is 35.5. The van der Waals surface area contributed by atoms with E-state index < -0.39 is 11.9 Å². The second kappa shape index (κ2) is 5.10. The van der Waals surface area contributed by atoms with Crippen molar-refractivity contribution in [2.24, 2.45) is 0 Å². The molecule has 0 bridgehead atoms. The fourth-order valence-electron chi connectivity index (χ4n) is 1.64. The summed E-state index contributed by atoms with van der Waals surface area (Å²) in [5.74, 6) is -1.09. The summed E-state index contributed by atoms with van der Waals surface area (Å²) in [6.07, 6.45) is 1.15. The number of nitrogens with one attached hydrogen (secondary N) is 1. The van der Waals surface area contributed by atoms with E-state index in [2.05, 4.69) is 19.0 Å². The predicted octanol–water partition coefficient (Wildman–Crippen LogP) is 3.13. The molecule has 0 radical (unpaired) electrons. The molecule has 0 atom stereocenters. The number of pyridine rings is 1. The van der Waals surface area contributed by atoms with Gasteiger partial charge in [-0.25, -0.2) is 4.98 Å². The predicted molar refractivity (Wildman–Crippen MR) is 74.6 cm³/mol. The maximum absolute atomic E-state index is 12.7. The molecule has 3 aromatic rings. The van der Waals surface area contributed by atoms with Gasteiger partial charge >= 0.3 is 0 Å². The van der Waals surface area contributed by atoms with Crippen LogP contribution in [0.3, 0.4) is 0 Å². The van der Waals surface area contributed by atoms with Crippen molar-refractivity contribution in [3.63, 3.8) is 0 Å². The van der Waals surface area contributed by atoms with Gasteiger partial charge in [0.2, 0.25) is 5.95 Å². The Morgan fingerprint density at radius 3 is 2.85 bits per heavy atom. The van der Waals surface area contributed by atoms with Gasteiger partial charge in [0.05, 0.1) is 28.0 Å². The average molecular weight is 309 g/mol. The minimum atomic E-state index is -0.648. The smallest absolute Gasteiger partial charge is 0.257 e. The third kappa shape index (κ3) is 2.33. The number of rotatable bonds is 2. The first-order valence-electron chi connectivity index (χ1n) is 5.49. The Morgan fingerprint density at radius 2 is 2.10 bits per heavy atom. The van der Waals surface area contributed by atoms with Crippen molar-refractivity contribution in [1.82, 2.24) is 13.7 Å². The van der Waals surface area contributed by atoms with Crippen molar-refractivity contribution >= 4 is 46.0 Å². The molecule has 3 rings (SSSR count). The standard InChI is InChI=1S/C12H6ClFN4OS/c13-7-2-3-8-11(18-20-17-8)10(7)16-12(19)6-1-4-9(14)15-5-6/h1-5H,(H,16,19). The quantitative estimate of drug-likeness (QED) is 0.739. The van der Waals surface area contributed by atoms with Crippen molar-refractivity contribution in [1.29, 1.82) is 0 Å². The van der Waals surface area contributed by atoms with Gasteiger partial charge in [0.25, 0.3) is 5.91 Å². The third-order valence-corrected chi connectivity index (χ3v) is 3.46. The van der Waals surface area contributed by atoms with Crippen LogP contribution in [-0.4, -0.2) is 19.6 Å². The van der Waals surface area contributed by atoms with E-state index in [1.54, 1.807) is 12.1 Å². The largest absolute Gasteiger partial charge is 0.319 e. The van der Waals surface area contributed by atoms with Crippen molar-refractivity contribution in [3.8, 4) is 0 Å². The highest BCUT2D eigenvalue weighted by molar-refractivity contribution is 7.00. The zero-order valence-corrected chi connectivity index (χ0v) is 11.4. The lowest BCUT2D eigenvalue weighted by Gasteiger charge is -2.07. The van der Waals surface area contributed by atoms with E-state index in [9.17, 15) is 9.18 Å². The van der Waals surface area contributed by atoms with Gasteiger partial charge in [-0.05, 0) is 24.3 Å². The lowest BCUT2D eigenvalue weighted by atomic mass is 10.2. The van der Waals surface area contributed by atoms with Gasteiger partial charge in [-0.15, -0.1) is 0 Å². The number of nitrogens with zero attached hydrogens (tertiary/aromatic N) is 3. The number of carbonyl (C=O) groups is 1. The molecule has 1 amide bonds. The van der Waals surface area contributed by atoms with Crippen LogP contribution in [0, 0.1) is 5.95 Å². The van der Waals surface area contributed by atoms with Crippen LogP contribution >= 0.6 is 23.3 Å². The molecular formula is C12H6ClFN4OS. The van der Waals surface area contributed by atoms with Crippen LogP contribution < -0.4 is 5.32 Å². The fourth-order valence-corrected chi connectivity index (χ4v) is 2.38. The molecule has 0 spiro atoms. The minimum absolute atomic E-state index is 0.225. The highest BCUT2D eigenvalue weighted by Crippen LogP contribution is 2.30. The van der Waals surface area contributed by atoms with Crippen LogP contribution in [0.4, 0.5) is 10.1 Å². The lowest BCUT2D eigenvalue weighted by molar-refractivity contribution is 0.102. The van der Waals surface area contributed by atoms with Crippen molar-refractivity contribution in [2.75, 3.05) is 5.32 Å². The van der Waals surface area contributed by atoms with Gasteiger partial charge in [0.1, 0.15) is 11.0 Å². The molecular weight excluding hydrogens is 303 g/mol. The molecule has 0 unspecified atom stereocenters. The molecule has 2 heterocycles. The number of hydrogen-bond donors (Lipinski definition) is 1. The summed E-state index contributed by atoms with van der Waals surface area (Å²) in [6, 6.07) is 5.80. The zero-order valence-electron chi connectivity index (χ0n) is 9.80. The summed E-state index contributed by atoms with van der Waals surface area (Å²) in [5, 5.41) is 3.00. The Balaban J connectivity index is 1.96. The second-order valence-corrected chi connectivity index (χ2v) is 4.81. The zero-order chi connectivity index (χ0) is 14.1. The number of hydrogen-bond acceptors (Lipinski definition) is 5. The molecule has 0 saturated heterocycles. The first-order chi connectivity index (χ1) is 9.65. The van der Waals surface area contributed by atoms with E-state index in [0.29, 0.717) is 21.7 Å². The van der Waals surface area contributed by atoms with Crippen molar-refractivity contribution < 1.29 is 9.18 Å². The van der Waals surface area contributed by atoms with Gasteiger partial charge < -0.3 is 5.32 Å². The Bertz CT molecular complexity index is 790. The van der Waals surface area contributed by atoms with Gasteiger partial charge in [0.15, 0.2) is 0 Å². The number of fused-ring (bicyclic) bond motifs is 1. The molecule has 2 aromatic heterocycles. The highest BCUT2D eigenvalue weighted by Gasteiger charge is 2.14. The molecule has 1 N–H and O–H groups in total. The molecule has 0 saturated carbocycles. The van der Waals surface area contributed by atoms with Crippen LogP contribution in [-0.2, 0) is 0 Å². The summed E-state index contributed by atoms with van der Waals surface area (Å²) in [5.41, 5.74) is 1.77. The van der Waals surface area contributed by atoms with Crippen molar-refractivity contribution in [3.05, 3.63) is 47.0 Å². The molecule has 5 nitrogen and oxygen atoms in total. The average Bonchev–Trinajstić information content (AvgIpc) is 2.91. The van der Waals surface area contributed by atoms with Crippen molar-refractivity contribution in [2.45, 2.75) is 0 Å². The number of benzene rings is 1. The summed E-state index contributed by atoms with van der Waals surface area (Å²) in [6.45, 7) is 0. The van der Waals surface area contributed by atoms with E-state index in [1.165, 1.54) is 6.07 Å². The normalized spacial score (nSPS) is 10.7. The molecule has 0 aliphatic carbocycles. The lowest BCUT2D eigenvalue weighted by Crippen LogP contribution is -2.13. The van der Waals surface area contributed by atoms with E-state index >= 15 is 0 Å². The number of aromatic nitrogens is 3. The molecule has 8 heteroatoms. The Kier molecular flexibility index (Phi) is 3.29. The van der Waals surface area contributed by atoms with Crippen LogP contribution in [0.15, 0.2) is 30.5 Å². The monoisotopic (exact) mass is 308 g/mol. The molecule has 20 heavy (non-hydrogen) atoms. The number of anilines is 1. The van der Waals surface area contributed by atoms with Gasteiger partial charge in [-0.2, -0.15) is 13.1 Å². The first kappa shape index (κ1) is 12.9. The number of amides is 1. The summed E-state index contributed by atoms with van der Waals surface area (Å²) in [7, 11) is 0. The Morgan fingerprint density at radius 1 is 1.25 bits per heavy atom. The summed E-state index contributed by atoms with van der Waals surface area (Å²) < 4.78 is 20.9. The van der Waals surface area contributed by atoms with Gasteiger partial charge in [-0.3, -0.25) is 4.79 Å². The Labute approximate surface area is 121 Å². The summed E-state index contributed by atoms with van der Waals surface area (Å²) >= 11 is 7.09. The van der Waals surface area contributed by atoms with E-state index in [1.807, 2.05) is 0 Å². The molecule has 100 valence electrons. The third-order valence-electron chi connectivity index (χ3n) is 2.61. The van der Waals surface area contributed by atoms with Gasteiger partial charge in [0, 0.05) is 6.20 Å². The van der Waals surface area contributed by atoms with Crippen LogP contribution in [0.2, 0.25) is 5.02 Å². The van der Waals surface area contributed by atoms with Crippen LogP contribution in [0.5, 0.6) is 0 Å². The minimum Gasteiger partial charge on any atom is -0.319 e. The molecule has 1 aromatic carbocycles. The van der Waals surface area contributed by atoms with E-state index in [0.717, 1.165) is 24.0 Å². The van der Waals surface area contributed by atoms with Crippen LogP contribution in [0.25, 0.3) is 11.0 Å². The second-order valence-electron chi connectivity index (χ2n) is 3.88. The fraction of sp³-hybridized carbons (Fsp3) is 0. The topological polar surface area (TPSA) is 67.8 Å². The number of carbonyl (C=O) groups excluding carboxylic acids is 1. The SMILES string of the molecule is O=C(Nc1c(Cl)ccc2nsnc12)c1ccc(F)nc1. The van der Waals surface area contributed by atoms with Gasteiger partial charge in [-0.1, -0.05) is 11.6 Å². The number of halogens is 2. The summed E-state index contributed by atoms with van der Waals surface area (Å²) in [4.78, 5) is 15.5. The first-order valence-corrected chi connectivity index (χ1v) is 6.59. The van der Waals surface area contributed by atoms with E-state index in [-0.39, 0.29) is 5.56 Å². The van der Waals surface area contributed by atoms with Crippen LogP contribution in [0.1, 0.15) is 10.4 Å². The molecule has 0 aliphatic heterocycles. The Hall–Kier alpha value is -2.12. The molecule has 0 aliphatic rings. The maximum Gasteiger partial charge on any atom is 0.257 e. The maximum atomic E-state index is 12.7. The van der Waals surface area contributed by atoms with E-state index in [4.69, 9.17) is 11.6 Å².